The number of carboxylic acids is 1. The molecule has 0 unspecified atom stereocenters. The topological polar surface area (TPSA) is 84.2 Å². The van der Waals surface area contributed by atoms with Gasteiger partial charge in [0.15, 0.2) is 0 Å². The van der Waals surface area contributed by atoms with Gasteiger partial charge in [-0.25, -0.2) is 9.18 Å². The van der Waals surface area contributed by atoms with E-state index in [-0.39, 0.29) is 12.3 Å². The van der Waals surface area contributed by atoms with Gasteiger partial charge in [-0.1, -0.05) is 13.0 Å². The maximum absolute atomic E-state index is 13.6. The molecule has 0 radical (unpaired) electrons. The fourth-order valence-electron chi connectivity index (χ4n) is 2.12. The maximum Gasteiger partial charge on any atom is 0.338 e. The Balaban J connectivity index is 2.09. The quantitative estimate of drug-likeness (QED) is 0.885. The first-order valence-corrected chi connectivity index (χ1v) is 6.74. The van der Waals surface area contributed by atoms with Crippen molar-refractivity contribution in [2.24, 2.45) is 7.05 Å². The summed E-state index contributed by atoms with van der Waals surface area (Å²) in [6.45, 7) is 1.93. The van der Waals surface area contributed by atoms with Gasteiger partial charge in [-0.2, -0.15) is 5.10 Å². The molecule has 0 bridgehead atoms. The van der Waals surface area contributed by atoms with Crippen LogP contribution >= 0.6 is 0 Å². The van der Waals surface area contributed by atoms with E-state index in [0.29, 0.717) is 17.7 Å². The van der Waals surface area contributed by atoms with Crippen molar-refractivity contribution in [1.82, 2.24) is 9.78 Å². The second-order valence-corrected chi connectivity index (χ2v) is 4.86. The average molecular weight is 305 g/mol. The summed E-state index contributed by atoms with van der Waals surface area (Å²) in [4.78, 5) is 22.7. The highest BCUT2D eigenvalue weighted by molar-refractivity contribution is 5.93. The molecule has 116 valence electrons. The number of carboxylic acid groups (broad SMARTS) is 1. The Morgan fingerprint density at radius 2 is 2.14 bits per heavy atom. The van der Waals surface area contributed by atoms with E-state index in [2.05, 4.69) is 10.4 Å². The van der Waals surface area contributed by atoms with Crippen molar-refractivity contribution in [3.05, 3.63) is 47.0 Å². The molecule has 0 aliphatic carbocycles. The summed E-state index contributed by atoms with van der Waals surface area (Å²) >= 11 is 0. The monoisotopic (exact) mass is 305 g/mol. The standard InChI is InChI=1S/C15H16FN3O3/c1-3-12-13(8-19(2)18-12)17-14(20)7-9-4-5-10(15(21)22)11(16)6-9/h4-6,8H,3,7H2,1-2H3,(H,17,20)(H,21,22). The molecule has 0 aliphatic rings. The van der Waals surface area contributed by atoms with E-state index in [9.17, 15) is 14.0 Å². The summed E-state index contributed by atoms with van der Waals surface area (Å²) in [6, 6.07) is 3.64. The lowest BCUT2D eigenvalue weighted by atomic mass is 10.1. The highest BCUT2D eigenvalue weighted by atomic mass is 19.1. The smallest absolute Gasteiger partial charge is 0.338 e. The van der Waals surface area contributed by atoms with E-state index < -0.39 is 17.3 Å². The number of aryl methyl sites for hydroxylation is 2. The van der Waals surface area contributed by atoms with E-state index >= 15 is 0 Å². The number of nitrogens with zero attached hydrogens (tertiary/aromatic N) is 2. The molecule has 0 saturated heterocycles. The van der Waals surface area contributed by atoms with E-state index in [1.54, 1.807) is 17.9 Å². The fourth-order valence-corrected chi connectivity index (χ4v) is 2.12. The number of carbonyl (C=O) groups excluding carboxylic acids is 1. The summed E-state index contributed by atoms with van der Waals surface area (Å²) in [6.07, 6.45) is 2.33. The molecule has 1 aromatic heterocycles. The van der Waals surface area contributed by atoms with E-state index in [0.717, 1.165) is 17.8 Å². The maximum atomic E-state index is 13.6. The van der Waals surface area contributed by atoms with Crippen molar-refractivity contribution < 1.29 is 19.1 Å². The minimum atomic E-state index is -1.34. The van der Waals surface area contributed by atoms with E-state index in [4.69, 9.17) is 5.11 Å². The summed E-state index contributed by atoms with van der Waals surface area (Å²) in [5.41, 5.74) is 1.38. The predicted molar refractivity (Wildman–Crippen MR) is 78.3 cm³/mol. The van der Waals surface area contributed by atoms with Crippen LogP contribution in [0.1, 0.15) is 28.5 Å². The van der Waals surface area contributed by atoms with Crippen LogP contribution in [0.4, 0.5) is 10.1 Å². The van der Waals surface area contributed by atoms with Crippen molar-refractivity contribution in [2.75, 3.05) is 5.32 Å². The van der Waals surface area contributed by atoms with Gasteiger partial charge < -0.3 is 10.4 Å². The van der Waals surface area contributed by atoms with Crippen molar-refractivity contribution in [2.45, 2.75) is 19.8 Å². The van der Waals surface area contributed by atoms with Gasteiger partial charge in [0.2, 0.25) is 5.91 Å². The van der Waals surface area contributed by atoms with Crippen molar-refractivity contribution in [3.8, 4) is 0 Å². The van der Waals surface area contributed by atoms with Crippen molar-refractivity contribution in [3.63, 3.8) is 0 Å². The Morgan fingerprint density at radius 1 is 1.41 bits per heavy atom. The Hall–Kier alpha value is -2.70. The lowest BCUT2D eigenvalue weighted by molar-refractivity contribution is -0.115. The molecule has 1 amide bonds. The zero-order chi connectivity index (χ0) is 16.3. The molecule has 0 fully saturated rings. The number of hydrogen-bond donors (Lipinski definition) is 2. The third-order valence-electron chi connectivity index (χ3n) is 3.14. The second-order valence-electron chi connectivity index (χ2n) is 4.86. The van der Waals surface area contributed by atoms with Crippen molar-refractivity contribution >= 4 is 17.6 Å². The van der Waals surface area contributed by atoms with Crippen LogP contribution in [-0.4, -0.2) is 26.8 Å². The first-order chi connectivity index (χ1) is 10.4. The lowest BCUT2D eigenvalue weighted by Gasteiger charge is -2.05. The zero-order valence-corrected chi connectivity index (χ0v) is 12.3. The van der Waals surface area contributed by atoms with Gasteiger partial charge in [0, 0.05) is 13.2 Å². The minimum Gasteiger partial charge on any atom is -0.478 e. The Bertz CT molecular complexity index is 725. The van der Waals surface area contributed by atoms with Gasteiger partial charge in [0.05, 0.1) is 23.4 Å². The summed E-state index contributed by atoms with van der Waals surface area (Å²) in [5, 5.41) is 15.7. The zero-order valence-electron chi connectivity index (χ0n) is 12.3. The summed E-state index contributed by atoms with van der Waals surface area (Å²) in [5.74, 6) is -2.50. The number of carbonyl (C=O) groups is 2. The van der Waals surface area contributed by atoms with Gasteiger partial charge in [-0.05, 0) is 24.1 Å². The van der Waals surface area contributed by atoms with Crippen LogP contribution in [0.15, 0.2) is 24.4 Å². The first kappa shape index (κ1) is 15.7. The first-order valence-electron chi connectivity index (χ1n) is 6.74. The third-order valence-corrected chi connectivity index (χ3v) is 3.14. The summed E-state index contributed by atoms with van der Waals surface area (Å²) in [7, 11) is 1.76. The van der Waals surface area contributed by atoms with Gasteiger partial charge in [0.1, 0.15) is 5.82 Å². The molecule has 0 atom stereocenters. The molecule has 1 heterocycles. The molecule has 7 heteroatoms. The van der Waals surface area contributed by atoms with Crippen LogP contribution in [0, 0.1) is 5.82 Å². The largest absolute Gasteiger partial charge is 0.478 e. The Kier molecular flexibility index (Phi) is 4.55. The number of halogens is 1. The van der Waals surface area contributed by atoms with Crippen LogP contribution in [0.5, 0.6) is 0 Å². The van der Waals surface area contributed by atoms with Gasteiger partial charge in [0.25, 0.3) is 0 Å². The molecule has 2 N–H and O–H groups in total. The second kappa shape index (κ2) is 6.38. The van der Waals surface area contributed by atoms with E-state index in [1.165, 1.54) is 6.07 Å². The molecule has 2 rings (SSSR count). The van der Waals surface area contributed by atoms with Crippen LogP contribution in [0.25, 0.3) is 0 Å². The third kappa shape index (κ3) is 3.49. The van der Waals surface area contributed by atoms with E-state index in [1.807, 2.05) is 6.92 Å². The summed E-state index contributed by atoms with van der Waals surface area (Å²) < 4.78 is 15.2. The number of aromatic carboxylic acids is 1. The van der Waals surface area contributed by atoms with Crippen LogP contribution in [0.2, 0.25) is 0 Å². The Labute approximate surface area is 126 Å². The number of rotatable bonds is 5. The predicted octanol–water partition coefficient (Wildman–Crippen LogP) is 2.00. The van der Waals surface area contributed by atoms with Gasteiger partial charge in [-0.3, -0.25) is 9.48 Å². The Morgan fingerprint density at radius 3 is 2.73 bits per heavy atom. The van der Waals surface area contributed by atoms with Crippen LogP contribution in [-0.2, 0) is 24.7 Å². The molecular formula is C15H16FN3O3. The molecule has 22 heavy (non-hydrogen) atoms. The molecule has 0 saturated carbocycles. The average Bonchev–Trinajstić information content (AvgIpc) is 2.78. The molecular weight excluding hydrogens is 289 g/mol. The highest BCUT2D eigenvalue weighted by Crippen LogP contribution is 2.15. The van der Waals surface area contributed by atoms with Crippen LogP contribution in [0.3, 0.4) is 0 Å². The molecule has 0 spiro atoms. The number of aromatic nitrogens is 2. The van der Waals surface area contributed by atoms with Gasteiger partial charge in [-0.15, -0.1) is 0 Å². The van der Waals surface area contributed by atoms with Crippen LogP contribution < -0.4 is 5.32 Å². The highest BCUT2D eigenvalue weighted by Gasteiger charge is 2.13. The fraction of sp³-hybridized carbons (Fsp3) is 0.267. The molecule has 0 aliphatic heterocycles. The van der Waals surface area contributed by atoms with Crippen molar-refractivity contribution in [1.29, 1.82) is 0 Å². The SMILES string of the molecule is CCc1nn(C)cc1NC(=O)Cc1ccc(C(=O)O)c(F)c1. The number of amides is 1. The number of nitrogens with one attached hydrogen (secondary N) is 1. The number of benzene rings is 1. The molecule has 1 aromatic carbocycles. The lowest BCUT2D eigenvalue weighted by Crippen LogP contribution is -2.15. The normalized spacial score (nSPS) is 10.5. The molecule has 2 aromatic rings. The number of hydrogen-bond acceptors (Lipinski definition) is 3. The molecule has 6 nitrogen and oxygen atoms in total. The minimum absolute atomic E-state index is 0.0468. The van der Waals surface area contributed by atoms with Gasteiger partial charge >= 0.3 is 5.97 Å². The number of anilines is 1.